The molecule has 0 amide bonds. The Labute approximate surface area is 116 Å². The van der Waals surface area contributed by atoms with Gasteiger partial charge in [-0.05, 0) is 34.2 Å². The van der Waals surface area contributed by atoms with Crippen molar-refractivity contribution in [3.8, 4) is 11.4 Å². The highest BCUT2D eigenvalue weighted by Gasteiger charge is 2.06. The van der Waals surface area contributed by atoms with E-state index in [1.807, 2.05) is 49.6 Å². The van der Waals surface area contributed by atoms with Crippen LogP contribution in [0.25, 0.3) is 11.4 Å². The van der Waals surface area contributed by atoms with Crippen LogP contribution >= 0.6 is 0 Å². The Morgan fingerprint density at radius 1 is 1.20 bits per heavy atom. The molecule has 0 bridgehead atoms. The maximum Gasteiger partial charge on any atom is 0.181 e. The first kappa shape index (κ1) is 12.3. The van der Waals surface area contributed by atoms with E-state index in [1.54, 1.807) is 10.9 Å². The number of aryl methyl sites for hydroxylation is 1. The fraction of sp³-hybridized carbons (Fsp3) is 0.143. The minimum absolute atomic E-state index is 0.731. The van der Waals surface area contributed by atoms with Gasteiger partial charge in [-0.2, -0.15) is 0 Å². The first-order valence-electron chi connectivity index (χ1n) is 6.28. The molecule has 6 nitrogen and oxygen atoms in total. The summed E-state index contributed by atoms with van der Waals surface area (Å²) in [6.45, 7) is 0.731. The van der Waals surface area contributed by atoms with Gasteiger partial charge >= 0.3 is 0 Å². The van der Waals surface area contributed by atoms with Crippen molar-refractivity contribution in [2.45, 2.75) is 6.54 Å². The topological polar surface area (TPSA) is 68.5 Å². The summed E-state index contributed by atoms with van der Waals surface area (Å²) in [5.74, 6) is 0.745. The van der Waals surface area contributed by atoms with Gasteiger partial charge in [0.15, 0.2) is 5.82 Å². The Morgan fingerprint density at radius 3 is 2.90 bits per heavy atom. The highest BCUT2D eigenvalue weighted by molar-refractivity contribution is 5.62. The van der Waals surface area contributed by atoms with E-state index in [4.69, 9.17) is 0 Å². The number of benzene rings is 1. The Morgan fingerprint density at radius 2 is 2.15 bits per heavy atom. The first-order valence-corrected chi connectivity index (χ1v) is 6.28. The maximum absolute atomic E-state index is 4.10. The summed E-state index contributed by atoms with van der Waals surface area (Å²) in [4.78, 5) is 4.10. The van der Waals surface area contributed by atoms with Gasteiger partial charge in [0.2, 0.25) is 0 Å². The van der Waals surface area contributed by atoms with E-state index >= 15 is 0 Å². The highest BCUT2D eigenvalue weighted by Crippen LogP contribution is 2.19. The van der Waals surface area contributed by atoms with Crippen LogP contribution in [0.5, 0.6) is 0 Å². The highest BCUT2D eigenvalue weighted by atomic mass is 15.5. The predicted octanol–water partition coefficient (Wildman–Crippen LogP) is 1.88. The van der Waals surface area contributed by atoms with Crippen molar-refractivity contribution >= 4 is 5.69 Å². The third-order valence-corrected chi connectivity index (χ3v) is 2.96. The van der Waals surface area contributed by atoms with Gasteiger partial charge < -0.3 is 5.32 Å². The molecule has 0 radical (unpaired) electrons. The number of nitrogens with one attached hydrogen (secondary N) is 1. The standard InChI is InChI=1S/C14H14N6/c1-20-14(17-18-19-20)12-5-2-6-13(8-12)16-10-11-4-3-7-15-9-11/h2-9,16H,10H2,1H3. The van der Waals surface area contributed by atoms with Crippen LogP contribution in [0.2, 0.25) is 0 Å². The van der Waals surface area contributed by atoms with E-state index in [9.17, 15) is 0 Å². The molecule has 0 fully saturated rings. The van der Waals surface area contributed by atoms with Gasteiger partial charge in [0, 0.05) is 37.2 Å². The molecule has 3 aromatic rings. The third kappa shape index (κ3) is 2.64. The zero-order valence-corrected chi connectivity index (χ0v) is 11.1. The van der Waals surface area contributed by atoms with Crippen molar-refractivity contribution in [1.29, 1.82) is 0 Å². The van der Waals surface area contributed by atoms with Gasteiger partial charge in [-0.3, -0.25) is 4.98 Å². The number of pyridine rings is 1. The van der Waals surface area contributed by atoms with Crippen LogP contribution < -0.4 is 5.32 Å². The van der Waals surface area contributed by atoms with Gasteiger partial charge in [0.05, 0.1) is 0 Å². The summed E-state index contributed by atoms with van der Waals surface area (Å²) in [6.07, 6.45) is 3.62. The van der Waals surface area contributed by atoms with Crippen LogP contribution in [0.15, 0.2) is 48.8 Å². The van der Waals surface area contributed by atoms with Gasteiger partial charge in [-0.1, -0.05) is 18.2 Å². The minimum atomic E-state index is 0.731. The lowest BCUT2D eigenvalue weighted by atomic mass is 10.2. The molecule has 1 N–H and O–H groups in total. The molecule has 0 aliphatic carbocycles. The average Bonchev–Trinajstić information content (AvgIpc) is 2.93. The molecule has 100 valence electrons. The van der Waals surface area contributed by atoms with E-state index in [0.29, 0.717) is 0 Å². The number of hydrogen-bond donors (Lipinski definition) is 1. The molecule has 0 unspecified atom stereocenters. The lowest BCUT2D eigenvalue weighted by Crippen LogP contribution is -2.00. The fourth-order valence-corrected chi connectivity index (χ4v) is 1.95. The van der Waals surface area contributed by atoms with Crippen LogP contribution in [0.3, 0.4) is 0 Å². The summed E-state index contributed by atoms with van der Waals surface area (Å²) in [5, 5.41) is 14.9. The van der Waals surface area contributed by atoms with Crippen LogP contribution in [-0.4, -0.2) is 25.2 Å². The number of tetrazole rings is 1. The van der Waals surface area contributed by atoms with Crippen molar-refractivity contribution in [2.24, 2.45) is 7.05 Å². The van der Waals surface area contributed by atoms with Crippen LogP contribution in [0.4, 0.5) is 5.69 Å². The van der Waals surface area contributed by atoms with Gasteiger partial charge in [0.1, 0.15) is 0 Å². The third-order valence-electron chi connectivity index (χ3n) is 2.96. The Hall–Kier alpha value is -2.76. The van der Waals surface area contributed by atoms with E-state index in [2.05, 4.69) is 25.8 Å². The molecule has 2 heterocycles. The van der Waals surface area contributed by atoms with E-state index < -0.39 is 0 Å². The minimum Gasteiger partial charge on any atom is -0.381 e. The number of rotatable bonds is 4. The maximum atomic E-state index is 4.10. The van der Waals surface area contributed by atoms with Gasteiger partial charge in [-0.25, -0.2) is 4.68 Å². The molecule has 6 heteroatoms. The molecule has 20 heavy (non-hydrogen) atoms. The molecule has 0 atom stereocenters. The predicted molar refractivity (Wildman–Crippen MR) is 75.8 cm³/mol. The molecule has 0 saturated carbocycles. The van der Waals surface area contributed by atoms with Crippen LogP contribution in [0, 0.1) is 0 Å². The number of nitrogens with zero attached hydrogens (tertiary/aromatic N) is 5. The van der Waals surface area contributed by atoms with Crippen LogP contribution in [0.1, 0.15) is 5.56 Å². The second-order valence-electron chi connectivity index (χ2n) is 4.42. The molecular formula is C14H14N6. The number of anilines is 1. The second kappa shape index (κ2) is 5.48. The molecular weight excluding hydrogens is 252 g/mol. The number of aromatic nitrogens is 5. The molecule has 0 aliphatic rings. The largest absolute Gasteiger partial charge is 0.381 e. The van der Waals surface area contributed by atoms with Crippen molar-refractivity contribution < 1.29 is 0 Å². The van der Waals surface area contributed by atoms with Gasteiger partial charge in [0.25, 0.3) is 0 Å². The quantitative estimate of drug-likeness (QED) is 0.781. The van der Waals surface area contributed by atoms with E-state index in [1.165, 1.54) is 0 Å². The summed E-state index contributed by atoms with van der Waals surface area (Å²) >= 11 is 0. The molecule has 3 rings (SSSR count). The first-order chi connectivity index (χ1) is 9.83. The molecule has 0 aliphatic heterocycles. The van der Waals surface area contributed by atoms with E-state index in [0.717, 1.165) is 29.2 Å². The van der Waals surface area contributed by atoms with Crippen molar-refractivity contribution in [3.63, 3.8) is 0 Å². The normalized spacial score (nSPS) is 10.4. The lowest BCUT2D eigenvalue weighted by molar-refractivity contribution is 0.714. The zero-order valence-electron chi connectivity index (χ0n) is 11.1. The summed E-state index contributed by atoms with van der Waals surface area (Å²) in [5.41, 5.74) is 3.14. The summed E-state index contributed by atoms with van der Waals surface area (Å²) in [7, 11) is 1.82. The molecule has 1 aromatic carbocycles. The SMILES string of the molecule is Cn1nnnc1-c1cccc(NCc2cccnc2)c1. The lowest BCUT2D eigenvalue weighted by Gasteiger charge is -2.07. The molecule has 0 saturated heterocycles. The second-order valence-corrected chi connectivity index (χ2v) is 4.42. The summed E-state index contributed by atoms with van der Waals surface area (Å²) in [6, 6.07) is 12.0. The zero-order chi connectivity index (χ0) is 13.8. The van der Waals surface area contributed by atoms with E-state index in [-0.39, 0.29) is 0 Å². The molecule has 2 aromatic heterocycles. The number of hydrogen-bond acceptors (Lipinski definition) is 5. The van der Waals surface area contributed by atoms with Gasteiger partial charge in [-0.15, -0.1) is 5.10 Å². The average molecular weight is 266 g/mol. The van der Waals surface area contributed by atoms with Crippen molar-refractivity contribution in [3.05, 3.63) is 54.4 Å². The fourth-order valence-electron chi connectivity index (χ4n) is 1.95. The molecule has 0 spiro atoms. The Balaban J connectivity index is 1.77. The Bertz CT molecular complexity index is 692. The van der Waals surface area contributed by atoms with Crippen molar-refractivity contribution in [2.75, 3.05) is 5.32 Å². The summed E-state index contributed by atoms with van der Waals surface area (Å²) < 4.78 is 1.65. The Kier molecular flexibility index (Phi) is 3.36. The van der Waals surface area contributed by atoms with Crippen LogP contribution in [-0.2, 0) is 13.6 Å². The smallest absolute Gasteiger partial charge is 0.181 e. The van der Waals surface area contributed by atoms with Crippen molar-refractivity contribution in [1.82, 2.24) is 25.2 Å². The monoisotopic (exact) mass is 266 g/mol.